The van der Waals surface area contributed by atoms with Gasteiger partial charge in [-0.15, -0.1) is 0 Å². The third-order valence-corrected chi connectivity index (χ3v) is 7.39. The number of aryl methyl sites for hydroxylation is 2. The molecule has 0 saturated carbocycles. The quantitative estimate of drug-likeness (QED) is 0.321. The van der Waals surface area contributed by atoms with E-state index in [0.717, 1.165) is 42.6 Å². The highest BCUT2D eigenvalue weighted by Crippen LogP contribution is 2.41. The van der Waals surface area contributed by atoms with Crippen molar-refractivity contribution >= 4 is 16.9 Å². The van der Waals surface area contributed by atoms with Crippen LogP contribution >= 0.6 is 0 Å². The second-order valence-corrected chi connectivity index (χ2v) is 9.65. The van der Waals surface area contributed by atoms with Gasteiger partial charge in [0.25, 0.3) is 5.91 Å². The van der Waals surface area contributed by atoms with Gasteiger partial charge in [0.2, 0.25) is 5.76 Å². The molecule has 7 heteroatoms. The van der Waals surface area contributed by atoms with Gasteiger partial charge in [-0.2, -0.15) is 0 Å². The summed E-state index contributed by atoms with van der Waals surface area (Å²) in [5.41, 5.74) is 3.49. The summed E-state index contributed by atoms with van der Waals surface area (Å²) in [7, 11) is 1.60. The van der Waals surface area contributed by atoms with Gasteiger partial charge < -0.3 is 23.7 Å². The molecule has 1 aliphatic rings. The Kier molecular flexibility index (Phi) is 8.22. The summed E-state index contributed by atoms with van der Waals surface area (Å²) in [6.07, 6.45) is 1.98. The van der Waals surface area contributed by atoms with E-state index < -0.39 is 6.04 Å². The van der Waals surface area contributed by atoms with Crippen LogP contribution in [0.25, 0.3) is 11.0 Å². The van der Waals surface area contributed by atoms with E-state index in [2.05, 4.69) is 25.7 Å². The van der Waals surface area contributed by atoms with Crippen LogP contribution in [0.1, 0.15) is 72.5 Å². The number of carbonyl (C=O) groups excluding carboxylic acids is 1. The molecule has 0 fully saturated rings. The number of hydrogen-bond acceptors (Lipinski definition) is 6. The largest absolute Gasteiger partial charge is 0.493 e. The Morgan fingerprint density at radius 3 is 2.41 bits per heavy atom. The van der Waals surface area contributed by atoms with Gasteiger partial charge >= 0.3 is 0 Å². The van der Waals surface area contributed by atoms with E-state index in [9.17, 15) is 9.59 Å². The van der Waals surface area contributed by atoms with Gasteiger partial charge in [0.1, 0.15) is 5.58 Å². The molecule has 1 aliphatic heterocycles. The zero-order chi connectivity index (χ0) is 26.7. The number of fused-ring (bicyclic) bond motifs is 2. The standard InChI is InChI=1S/C30H38N2O5/c1-7-10-15-36-23-12-11-21(18-25(23)35-6)27-26-28(33)22-16-19(4)20(5)17-24(22)37-29(26)30(34)32(27)14-13-31(8-2)9-3/h11-12,16-18,27H,7-10,13-15H2,1-6H3. The first-order chi connectivity index (χ1) is 17.8. The number of carbonyl (C=O) groups is 1. The maximum Gasteiger partial charge on any atom is 0.290 e. The van der Waals surface area contributed by atoms with Gasteiger partial charge in [-0.25, -0.2) is 0 Å². The van der Waals surface area contributed by atoms with E-state index in [-0.39, 0.29) is 17.1 Å². The van der Waals surface area contributed by atoms with E-state index >= 15 is 0 Å². The lowest BCUT2D eigenvalue weighted by Gasteiger charge is -2.28. The molecule has 1 amide bonds. The van der Waals surface area contributed by atoms with Crippen molar-refractivity contribution in [1.82, 2.24) is 9.80 Å². The van der Waals surface area contributed by atoms with E-state index in [1.165, 1.54) is 0 Å². The van der Waals surface area contributed by atoms with Crippen LogP contribution in [0.15, 0.2) is 39.5 Å². The summed E-state index contributed by atoms with van der Waals surface area (Å²) in [5, 5.41) is 0.497. The number of ether oxygens (including phenoxy) is 2. The van der Waals surface area contributed by atoms with E-state index in [0.29, 0.717) is 47.7 Å². The highest BCUT2D eigenvalue weighted by atomic mass is 16.5. The molecule has 0 bridgehead atoms. The molecule has 1 aromatic heterocycles. The van der Waals surface area contributed by atoms with E-state index in [1.807, 2.05) is 44.2 Å². The molecule has 2 heterocycles. The number of nitrogens with zero attached hydrogens (tertiary/aromatic N) is 2. The Hall–Kier alpha value is -3.32. The first-order valence-corrected chi connectivity index (χ1v) is 13.3. The minimum atomic E-state index is -0.570. The summed E-state index contributed by atoms with van der Waals surface area (Å²) < 4.78 is 17.7. The van der Waals surface area contributed by atoms with Crippen molar-refractivity contribution in [1.29, 1.82) is 0 Å². The molecule has 7 nitrogen and oxygen atoms in total. The van der Waals surface area contributed by atoms with Crippen LogP contribution in [0.3, 0.4) is 0 Å². The minimum absolute atomic E-state index is 0.132. The Bertz CT molecular complexity index is 1340. The monoisotopic (exact) mass is 506 g/mol. The Labute approximate surface area is 219 Å². The number of rotatable bonds is 11. The maximum atomic E-state index is 13.9. The van der Waals surface area contributed by atoms with Gasteiger partial charge in [0.05, 0.1) is 30.7 Å². The summed E-state index contributed by atoms with van der Waals surface area (Å²) in [6, 6.07) is 8.80. The topological polar surface area (TPSA) is 72.2 Å². The number of likely N-dealkylation sites (N-methyl/N-ethyl adjacent to an activating group) is 1. The van der Waals surface area contributed by atoms with Gasteiger partial charge in [0, 0.05) is 13.1 Å². The number of amides is 1. The van der Waals surface area contributed by atoms with Crippen molar-refractivity contribution < 1.29 is 18.7 Å². The molecule has 0 saturated heterocycles. The molecule has 0 N–H and O–H groups in total. The normalized spacial score (nSPS) is 15.1. The SMILES string of the molecule is CCCCOc1ccc(C2c3c(oc4cc(C)c(C)cc4c3=O)C(=O)N2CCN(CC)CC)cc1OC. The molecule has 3 aromatic rings. The third-order valence-electron chi connectivity index (χ3n) is 7.39. The average molecular weight is 507 g/mol. The minimum Gasteiger partial charge on any atom is -0.493 e. The van der Waals surface area contributed by atoms with Crippen molar-refractivity contribution in [2.24, 2.45) is 0 Å². The van der Waals surface area contributed by atoms with Crippen LogP contribution in [0.4, 0.5) is 0 Å². The van der Waals surface area contributed by atoms with Gasteiger partial charge in [-0.05, 0) is 74.3 Å². The first-order valence-electron chi connectivity index (χ1n) is 13.3. The third kappa shape index (κ3) is 5.10. The molecule has 1 atom stereocenters. The first kappa shape index (κ1) is 26.7. The van der Waals surface area contributed by atoms with Crippen molar-refractivity contribution in [3.8, 4) is 11.5 Å². The van der Waals surface area contributed by atoms with Gasteiger partial charge in [0.15, 0.2) is 16.9 Å². The molecule has 1 unspecified atom stereocenters. The van der Waals surface area contributed by atoms with Gasteiger partial charge in [-0.3, -0.25) is 9.59 Å². The van der Waals surface area contributed by atoms with Crippen LogP contribution in [0.2, 0.25) is 0 Å². The van der Waals surface area contributed by atoms with Crippen LogP contribution in [0.5, 0.6) is 11.5 Å². The lowest BCUT2D eigenvalue weighted by atomic mass is 9.97. The summed E-state index contributed by atoms with van der Waals surface area (Å²) in [5.74, 6) is 1.10. The molecule has 4 rings (SSSR count). The number of methoxy groups -OCH3 is 1. The van der Waals surface area contributed by atoms with Crippen LogP contribution < -0.4 is 14.9 Å². The zero-order valence-electron chi connectivity index (χ0n) is 22.8. The molecular formula is C30H38N2O5. The molecule has 0 radical (unpaired) electrons. The predicted octanol–water partition coefficient (Wildman–Crippen LogP) is 5.48. The Morgan fingerprint density at radius 2 is 1.73 bits per heavy atom. The van der Waals surface area contributed by atoms with Gasteiger partial charge in [-0.1, -0.05) is 33.3 Å². The van der Waals surface area contributed by atoms with Crippen molar-refractivity contribution in [2.75, 3.05) is 39.9 Å². The second-order valence-electron chi connectivity index (χ2n) is 9.65. The molecule has 198 valence electrons. The van der Waals surface area contributed by atoms with Crippen molar-refractivity contribution in [2.45, 2.75) is 53.5 Å². The molecule has 0 aliphatic carbocycles. The lowest BCUT2D eigenvalue weighted by Crippen LogP contribution is -2.37. The lowest BCUT2D eigenvalue weighted by molar-refractivity contribution is 0.0708. The number of benzene rings is 2. The fourth-order valence-corrected chi connectivity index (χ4v) is 4.94. The highest BCUT2D eigenvalue weighted by molar-refractivity contribution is 5.99. The maximum absolute atomic E-state index is 13.9. The summed E-state index contributed by atoms with van der Waals surface area (Å²) >= 11 is 0. The average Bonchev–Trinajstić information content (AvgIpc) is 3.18. The fraction of sp³-hybridized carbons (Fsp3) is 0.467. The zero-order valence-corrected chi connectivity index (χ0v) is 22.8. The molecule has 0 spiro atoms. The smallest absolute Gasteiger partial charge is 0.290 e. The summed E-state index contributed by atoms with van der Waals surface area (Å²) in [4.78, 5) is 31.7. The Morgan fingerprint density at radius 1 is 1.00 bits per heavy atom. The van der Waals surface area contributed by atoms with Crippen LogP contribution in [-0.4, -0.2) is 55.6 Å². The van der Waals surface area contributed by atoms with Crippen LogP contribution in [-0.2, 0) is 0 Å². The van der Waals surface area contributed by atoms with Crippen LogP contribution in [0, 0.1) is 13.8 Å². The highest BCUT2D eigenvalue weighted by Gasteiger charge is 2.43. The number of unbranched alkanes of at least 4 members (excludes halogenated alkanes) is 1. The van der Waals surface area contributed by atoms with Crippen molar-refractivity contribution in [3.05, 3.63) is 68.6 Å². The summed E-state index contributed by atoms with van der Waals surface area (Å²) in [6.45, 7) is 13.8. The number of hydrogen-bond donors (Lipinski definition) is 0. The second kappa shape index (κ2) is 11.4. The molecular weight excluding hydrogens is 468 g/mol. The molecule has 37 heavy (non-hydrogen) atoms. The molecule has 2 aromatic carbocycles. The van der Waals surface area contributed by atoms with E-state index in [1.54, 1.807) is 12.0 Å². The van der Waals surface area contributed by atoms with E-state index in [4.69, 9.17) is 13.9 Å². The fourth-order valence-electron chi connectivity index (χ4n) is 4.94. The Balaban J connectivity index is 1.85. The predicted molar refractivity (Wildman–Crippen MR) is 146 cm³/mol. The van der Waals surface area contributed by atoms with Crippen molar-refractivity contribution in [3.63, 3.8) is 0 Å².